The van der Waals surface area contributed by atoms with Crippen molar-refractivity contribution in [1.29, 1.82) is 0 Å². The summed E-state index contributed by atoms with van der Waals surface area (Å²) in [5.41, 5.74) is 1.37. The maximum absolute atomic E-state index is 12.4. The van der Waals surface area contributed by atoms with Gasteiger partial charge in [0.15, 0.2) is 5.82 Å². The van der Waals surface area contributed by atoms with E-state index in [4.69, 9.17) is 4.52 Å². The van der Waals surface area contributed by atoms with Crippen LogP contribution in [0.5, 0.6) is 0 Å². The lowest BCUT2D eigenvalue weighted by Crippen LogP contribution is -2.32. The summed E-state index contributed by atoms with van der Waals surface area (Å²) < 4.78 is 7.04. The molecule has 0 aliphatic rings. The van der Waals surface area contributed by atoms with Crippen LogP contribution in [0, 0.1) is 0 Å². The Morgan fingerprint density at radius 1 is 1.33 bits per heavy atom. The van der Waals surface area contributed by atoms with E-state index in [1.807, 2.05) is 26.0 Å². The fourth-order valence-electron chi connectivity index (χ4n) is 2.67. The van der Waals surface area contributed by atoms with E-state index in [0.717, 1.165) is 24.4 Å². The number of amides is 2. The monoisotopic (exact) mass is 369 g/mol. The summed E-state index contributed by atoms with van der Waals surface area (Å²) in [6, 6.07) is 6.66. The molecule has 9 nitrogen and oxygen atoms in total. The zero-order valence-corrected chi connectivity index (χ0v) is 15.6. The molecular weight excluding hydrogens is 346 g/mol. The Labute approximate surface area is 157 Å². The van der Waals surface area contributed by atoms with Gasteiger partial charge in [-0.2, -0.15) is 10.1 Å². The SMILES string of the molecule is CCCn1ncnc1[C@H](C)NC(=O)Nc1cccc(-c2nc(CC)no2)c1. The molecule has 1 atom stereocenters. The molecule has 0 saturated carbocycles. The third-order valence-electron chi connectivity index (χ3n) is 3.97. The summed E-state index contributed by atoms with van der Waals surface area (Å²) in [5.74, 6) is 1.79. The first-order valence-corrected chi connectivity index (χ1v) is 8.99. The normalized spacial score (nSPS) is 12.0. The van der Waals surface area contributed by atoms with Crippen molar-refractivity contribution in [2.75, 3.05) is 5.32 Å². The van der Waals surface area contributed by atoms with Gasteiger partial charge in [-0.25, -0.2) is 14.5 Å². The predicted molar refractivity (Wildman–Crippen MR) is 100.0 cm³/mol. The molecule has 1 aromatic carbocycles. The van der Waals surface area contributed by atoms with Crippen LogP contribution in [0.25, 0.3) is 11.5 Å². The first-order valence-electron chi connectivity index (χ1n) is 8.99. The molecule has 2 amide bonds. The Balaban J connectivity index is 1.65. The van der Waals surface area contributed by atoms with Gasteiger partial charge in [-0.1, -0.05) is 25.1 Å². The minimum Gasteiger partial charge on any atom is -0.334 e. The third-order valence-corrected chi connectivity index (χ3v) is 3.97. The largest absolute Gasteiger partial charge is 0.334 e. The van der Waals surface area contributed by atoms with Gasteiger partial charge in [-0.05, 0) is 31.5 Å². The fraction of sp³-hybridized carbons (Fsp3) is 0.389. The summed E-state index contributed by atoms with van der Waals surface area (Å²) in [4.78, 5) is 20.9. The van der Waals surface area contributed by atoms with Crippen LogP contribution in [0.1, 0.15) is 44.9 Å². The highest BCUT2D eigenvalue weighted by molar-refractivity contribution is 5.90. The summed E-state index contributed by atoms with van der Waals surface area (Å²) in [5, 5.41) is 13.8. The Morgan fingerprint density at radius 3 is 2.93 bits per heavy atom. The fourth-order valence-corrected chi connectivity index (χ4v) is 2.67. The molecule has 2 aromatic heterocycles. The number of benzene rings is 1. The number of urea groups is 1. The number of carbonyl (C=O) groups is 1. The maximum Gasteiger partial charge on any atom is 0.319 e. The van der Waals surface area contributed by atoms with Gasteiger partial charge in [-0.15, -0.1) is 0 Å². The molecule has 0 fully saturated rings. The molecule has 0 aliphatic heterocycles. The highest BCUT2D eigenvalue weighted by atomic mass is 16.5. The van der Waals surface area contributed by atoms with E-state index in [-0.39, 0.29) is 12.1 Å². The number of carbonyl (C=O) groups excluding carboxylic acids is 1. The third kappa shape index (κ3) is 4.49. The van der Waals surface area contributed by atoms with Crippen LogP contribution in [0.3, 0.4) is 0 Å². The molecule has 0 radical (unpaired) electrons. The molecular formula is C18H23N7O2. The molecule has 3 aromatic rings. The molecule has 2 heterocycles. The quantitative estimate of drug-likeness (QED) is 0.662. The summed E-state index contributed by atoms with van der Waals surface area (Å²) in [6.45, 7) is 6.65. The van der Waals surface area contributed by atoms with Gasteiger partial charge < -0.3 is 15.2 Å². The zero-order chi connectivity index (χ0) is 19.2. The van der Waals surface area contributed by atoms with E-state index in [1.165, 1.54) is 6.33 Å². The van der Waals surface area contributed by atoms with Crippen LogP contribution in [-0.2, 0) is 13.0 Å². The van der Waals surface area contributed by atoms with Crippen molar-refractivity contribution in [2.45, 2.75) is 46.2 Å². The van der Waals surface area contributed by atoms with Gasteiger partial charge in [0.1, 0.15) is 12.2 Å². The van der Waals surface area contributed by atoms with Crippen molar-refractivity contribution in [3.63, 3.8) is 0 Å². The van der Waals surface area contributed by atoms with Crippen molar-refractivity contribution in [1.82, 2.24) is 30.2 Å². The van der Waals surface area contributed by atoms with Gasteiger partial charge in [0.2, 0.25) is 0 Å². The number of rotatable bonds is 7. The van der Waals surface area contributed by atoms with Crippen LogP contribution in [0.2, 0.25) is 0 Å². The first kappa shape index (κ1) is 18.6. The zero-order valence-electron chi connectivity index (χ0n) is 15.6. The predicted octanol–water partition coefficient (Wildman–Crippen LogP) is 3.18. The van der Waals surface area contributed by atoms with E-state index in [2.05, 4.69) is 37.8 Å². The lowest BCUT2D eigenvalue weighted by atomic mass is 10.2. The minimum absolute atomic E-state index is 0.273. The number of anilines is 1. The second-order valence-corrected chi connectivity index (χ2v) is 6.11. The molecule has 3 rings (SSSR count). The van der Waals surface area contributed by atoms with Crippen molar-refractivity contribution < 1.29 is 9.32 Å². The second kappa shape index (κ2) is 8.43. The number of aromatic nitrogens is 5. The standard InChI is InChI=1S/C18H23N7O2/c1-4-9-25-16(19-11-20-25)12(3)21-18(26)22-14-8-6-7-13(10-14)17-23-15(5-2)24-27-17/h6-8,10-12H,4-5,9H2,1-3H3,(H2,21,22,26)/t12-/m0/s1. The Morgan fingerprint density at radius 2 is 2.19 bits per heavy atom. The molecule has 2 N–H and O–H groups in total. The van der Waals surface area contributed by atoms with E-state index < -0.39 is 0 Å². The Kier molecular flexibility index (Phi) is 5.80. The minimum atomic E-state index is -0.328. The second-order valence-electron chi connectivity index (χ2n) is 6.11. The van der Waals surface area contributed by atoms with Gasteiger partial charge in [0.25, 0.3) is 5.89 Å². The molecule has 0 unspecified atom stereocenters. The van der Waals surface area contributed by atoms with E-state index >= 15 is 0 Å². The van der Waals surface area contributed by atoms with Crippen molar-refractivity contribution in [3.8, 4) is 11.5 Å². The molecule has 0 bridgehead atoms. The highest BCUT2D eigenvalue weighted by Gasteiger charge is 2.16. The van der Waals surface area contributed by atoms with E-state index in [1.54, 1.807) is 16.8 Å². The summed E-state index contributed by atoms with van der Waals surface area (Å²) >= 11 is 0. The number of hydrogen-bond acceptors (Lipinski definition) is 6. The molecule has 0 spiro atoms. The van der Waals surface area contributed by atoms with Crippen LogP contribution >= 0.6 is 0 Å². The average molecular weight is 369 g/mol. The van der Waals surface area contributed by atoms with Crippen molar-refractivity contribution >= 4 is 11.7 Å². The van der Waals surface area contributed by atoms with Gasteiger partial charge >= 0.3 is 6.03 Å². The Hall–Kier alpha value is -3.23. The first-order chi connectivity index (χ1) is 13.1. The van der Waals surface area contributed by atoms with Gasteiger partial charge in [0.05, 0.1) is 6.04 Å². The molecule has 142 valence electrons. The van der Waals surface area contributed by atoms with Gasteiger partial charge in [0, 0.05) is 24.2 Å². The van der Waals surface area contributed by atoms with Crippen LogP contribution in [0.15, 0.2) is 35.1 Å². The average Bonchev–Trinajstić information content (AvgIpc) is 3.31. The van der Waals surface area contributed by atoms with Crippen LogP contribution < -0.4 is 10.6 Å². The lowest BCUT2D eigenvalue weighted by Gasteiger charge is -2.15. The Bertz CT molecular complexity index is 903. The van der Waals surface area contributed by atoms with Crippen molar-refractivity contribution in [2.24, 2.45) is 0 Å². The highest BCUT2D eigenvalue weighted by Crippen LogP contribution is 2.21. The van der Waals surface area contributed by atoms with E-state index in [0.29, 0.717) is 23.8 Å². The topological polar surface area (TPSA) is 111 Å². The molecule has 0 aliphatic carbocycles. The van der Waals surface area contributed by atoms with Crippen LogP contribution in [0.4, 0.5) is 10.5 Å². The number of hydrogen-bond donors (Lipinski definition) is 2. The van der Waals surface area contributed by atoms with Gasteiger partial charge in [-0.3, -0.25) is 0 Å². The molecule has 27 heavy (non-hydrogen) atoms. The maximum atomic E-state index is 12.4. The van der Waals surface area contributed by atoms with Crippen LogP contribution in [-0.4, -0.2) is 30.9 Å². The number of nitrogens with one attached hydrogen (secondary N) is 2. The number of aryl methyl sites for hydroxylation is 2. The molecule has 0 saturated heterocycles. The summed E-state index contributed by atoms with van der Waals surface area (Å²) in [7, 11) is 0. The smallest absolute Gasteiger partial charge is 0.319 e. The summed E-state index contributed by atoms with van der Waals surface area (Å²) in [6.07, 6.45) is 3.14. The number of nitrogens with zero attached hydrogens (tertiary/aromatic N) is 5. The van der Waals surface area contributed by atoms with E-state index in [9.17, 15) is 4.79 Å². The molecule has 9 heteroatoms. The lowest BCUT2D eigenvalue weighted by molar-refractivity contribution is 0.248. The van der Waals surface area contributed by atoms with Crippen molar-refractivity contribution in [3.05, 3.63) is 42.2 Å².